The van der Waals surface area contributed by atoms with Crippen molar-refractivity contribution in [3.63, 3.8) is 0 Å². The zero-order valence-corrected chi connectivity index (χ0v) is 10.0. The van der Waals surface area contributed by atoms with Crippen LogP contribution in [0.1, 0.15) is 12.5 Å². The first-order chi connectivity index (χ1) is 6.67. The predicted octanol–water partition coefficient (Wildman–Crippen LogP) is 2.63. The van der Waals surface area contributed by atoms with E-state index in [4.69, 9.17) is 9.84 Å². The summed E-state index contributed by atoms with van der Waals surface area (Å²) in [6.45, 7) is 2.23. The number of rotatable bonds is 4. The fourth-order valence-corrected chi connectivity index (χ4v) is 1.68. The van der Waals surface area contributed by atoms with Crippen molar-refractivity contribution >= 4 is 15.9 Å². The Morgan fingerprint density at radius 3 is 2.79 bits per heavy atom. The lowest BCUT2D eigenvalue weighted by Gasteiger charge is -2.10. The van der Waals surface area contributed by atoms with Crippen LogP contribution in [0.3, 0.4) is 0 Å². The molecule has 0 saturated carbocycles. The Hall–Kier alpha value is -0.540. The van der Waals surface area contributed by atoms with Crippen LogP contribution in [0.2, 0.25) is 0 Å². The van der Waals surface area contributed by atoms with E-state index in [1.54, 1.807) is 7.11 Å². The van der Waals surface area contributed by atoms with Crippen molar-refractivity contribution in [2.45, 2.75) is 13.3 Å². The van der Waals surface area contributed by atoms with Crippen LogP contribution < -0.4 is 4.74 Å². The molecule has 78 valence electrons. The van der Waals surface area contributed by atoms with E-state index >= 15 is 0 Å². The molecule has 0 radical (unpaired) electrons. The van der Waals surface area contributed by atoms with Gasteiger partial charge in [-0.1, -0.05) is 22.9 Å². The first-order valence-corrected chi connectivity index (χ1v) is 5.40. The molecular formula is C11H15BrO2. The summed E-state index contributed by atoms with van der Waals surface area (Å²) < 4.78 is 6.21. The monoisotopic (exact) mass is 258 g/mol. The van der Waals surface area contributed by atoms with E-state index in [9.17, 15) is 0 Å². The number of benzene rings is 1. The highest BCUT2D eigenvalue weighted by Gasteiger charge is 2.06. The van der Waals surface area contributed by atoms with Gasteiger partial charge >= 0.3 is 0 Å². The van der Waals surface area contributed by atoms with Crippen LogP contribution in [-0.2, 0) is 6.42 Å². The zero-order valence-electron chi connectivity index (χ0n) is 8.46. The van der Waals surface area contributed by atoms with Gasteiger partial charge in [-0.25, -0.2) is 0 Å². The second-order valence-corrected chi connectivity index (χ2v) is 4.30. The number of hydrogen-bond acceptors (Lipinski definition) is 2. The van der Waals surface area contributed by atoms with Crippen molar-refractivity contribution in [1.29, 1.82) is 0 Å². The minimum absolute atomic E-state index is 0.212. The molecule has 1 N–H and O–H groups in total. The highest BCUT2D eigenvalue weighted by atomic mass is 79.9. The molecule has 1 aromatic carbocycles. The van der Waals surface area contributed by atoms with Gasteiger partial charge in [0.2, 0.25) is 0 Å². The van der Waals surface area contributed by atoms with Gasteiger partial charge in [-0.2, -0.15) is 0 Å². The lowest BCUT2D eigenvalue weighted by molar-refractivity contribution is 0.237. The van der Waals surface area contributed by atoms with Crippen LogP contribution in [0, 0.1) is 5.92 Å². The van der Waals surface area contributed by atoms with Gasteiger partial charge in [0.15, 0.2) is 0 Å². The molecule has 0 unspecified atom stereocenters. The Morgan fingerprint density at radius 1 is 1.50 bits per heavy atom. The summed E-state index contributed by atoms with van der Waals surface area (Å²) in [5.74, 6) is 1.13. The average Bonchev–Trinajstić information content (AvgIpc) is 2.21. The number of halogens is 1. The molecular weight excluding hydrogens is 244 g/mol. The summed E-state index contributed by atoms with van der Waals surface area (Å²) in [4.78, 5) is 0. The maximum Gasteiger partial charge on any atom is 0.119 e. The van der Waals surface area contributed by atoms with Crippen molar-refractivity contribution in [1.82, 2.24) is 0 Å². The third-order valence-electron chi connectivity index (χ3n) is 2.13. The quantitative estimate of drug-likeness (QED) is 0.900. The number of aliphatic hydroxyl groups excluding tert-OH is 1. The first kappa shape index (κ1) is 11.5. The molecule has 0 aliphatic heterocycles. The van der Waals surface area contributed by atoms with Crippen LogP contribution in [0.15, 0.2) is 22.7 Å². The molecule has 0 bridgehead atoms. The third-order valence-corrected chi connectivity index (χ3v) is 2.91. The predicted molar refractivity (Wildman–Crippen MR) is 60.6 cm³/mol. The Balaban J connectivity index is 2.83. The van der Waals surface area contributed by atoms with Crippen molar-refractivity contribution in [2.75, 3.05) is 13.7 Å². The molecule has 0 amide bonds. The highest BCUT2D eigenvalue weighted by molar-refractivity contribution is 9.10. The van der Waals surface area contributed by atoms with E-state index in [1.165, 1.54) is 5.56 Å². The van der Waals surface area contributed by atoms with E-state index in [-0.39, 0.29) is 12.5 Å². The van der Waals surface area contributed by atoms with Crippen LogP contribution >= 0.6 is 15.9 Å². The van der Waals surface area contributed by atoms with Gasteiger partial charge in [-0.3, -0.25) is 0 Å². The summed E-state index contributed by atoms with van der Waals surface area (Å²) in [5, 5.41) is 8.97. The smallest absolute Gasteiger partial charge is 0.119 e. The van der Waals surface area contributed by atoms with Gasteiger partial charge in [0.25, 0.3) is 0 Å². The van der Waals surface area contributed by atoms with Crippen molar-refractivity contribution in [3.05, 3.63) is 28.2 Å². The first-order valence-electron chi connectivity index (χ1n) is 4.60. The largest absolute Gasteiger partial charge is 0.497 e. The van der Waals surface area contributed by atoms with Crippen LogP contribution in [0.4, 0.5) is 0 Å². The van der Waals surface area contributed by atoms with E-state index in [2.05, 4.69) is 15.9 Å². The minimum Gasteiger partial charge on any atom is -0.497 e. The zero-order chi connectivity index (χ0) is 10.6. The summed E-state index contributed by atoms with van der Waals surface area (Å²) >= 11 is 3.48. The maximum atomic E-state index is 8.97. The van der Waals surface area contributed by atoms with Crippen molar-refractivity contribution < 1.29 is 9.84 Å². The molecule has 1 aromatic rings. The maximum absolute atomic E-state index is 8.97. The molecule has 0 aliphatic rings. The van der Waals surface area contributed by atoms with E-state index < -0.39 is 0 Å². The third kappa shape index (κ3) is 3.00. The van der Waals surface area contributed by atoms with Crippen LogP contribution in [-0.4, -0.2) is 18.8 Å². The molecule has 0 aliphatic carbocycles. The Morgan fingerprint density at radius 2 is 2.21 bits per heavy atom. The molecule has 14 heavy (non-hydrogen) atoms. The molecule has 0 fully saturated rings. The van der Waals surface area contributed by atoms with Crippen LogP contribution in [0.25, 0.3) is 0 Å². The van der Waals surface area contributed by atoms with Gasteiger partial charge in [-0.05, 0) is 36.1 Å². The van der Waals surface area contributed by atoms with E-state index in [0.29, 0.717) is 0 Å². The number of hydrogen-bond donors (Lipinski definition) is 1. The van der Waals surface area contributed by atoms with Gasteiger partial charge in [0.05, 0.1) is 7.11 Å². The number of methoxy groups -OCH3 is 1. The fraction of sp³-hybridized carbons (Fsp3) is 0.455. The summed E-state index contributed by atoms with van der Waals surface area (Å²) in [6.07, 6.45) is 0.855. The second-order valence-electron chi connectivity index (χ2n) is 3.45. The number of aliphatic hydroxyl groups is 1. The highest BCUT2D eigenvalue weighted by Crippen LogP contribution is 2.24. The topological polar surface area (TPSA) is 29.5 Å². The Kier molecular flexibility index (Phi) is 4.42. The van der Waals surface area contributed by atoms with Gasteiger partial charge in [-0.15, -0.1) is 0 Å². The average molecular weight is 259 g/mol. The fourth-order valence-electron chi connectivity index (χ4n) is 1.27. The standard InChI is InChI=1S/C11H15BrO2/c1-8(7-13)5-9-6-10(14-2)3-4-11(9)12/h3-4,6,8,13H,5,7H2,1-2H3/t8-/m0/s1. The lowest BCUT2D eigenvalue weighted by Crippen LogP contribution is -2.05. The molecule has 0 saturated heterocycles. The molecule has 0 heterocycles. The Labute approximate surface area is 93.0 Å². The van der Waals surface area contributed by atoms with E-state index in [0.717, 1.165) is 16.6 Å². The lowest BCUT2D eigenvalue weighted by atomic mass is 10.0. The summed E-state index contributed by atoms with van der Waals surface area (Å²) in [6, 6.07) is 5.88. The number of ether oxygens (including phenoxy) is 1. The SMILES string of the molecule is COc1ccc(Br)c(C[C@H](C)CO)c1. The molecule has 0 spiro atoms. The van der Waals surface area contributed by atoms with Crippen molar-refractivity contribution in [2.24, 2.45) is 5.92 Å². The van der Waals surface area contributed by atoms with Gasteiger partial charge in [0, 0.05) is 11.1 Å². The summed E-state index contributed by atoms with van der Waals surface area (Å²) in [7, 11) is 1.66. The molecule has 1 rings (SSSR count). The molecule has 3 heteroatoms. The molecule has 1 atom stereocenters. The van der Waals surface area contributed by atoms with Gasteiger partial charge < -0.3 is 9.84 Å². The van der Waals surface area contributed by atoms with E-state index in [1.807, 2.05) is 25.1 Å². The second kappa shape index (κ2) is 5.37. The van der Waals surface area contributed by atoms with Crippen molar-refractivity contribution in [3.8, 4) is 5.75 Å². The summed E-state index contributed by atoms with van der Waals surface area (Å²) in [5.41, 5.74) is 1.17. The molecule has 0 aromatic heterocycles. The molecule has 2 nitrogen and oxygen atoms in total. The normalized spacial score (nSPS) is 12.6. The minimum atomic E-state index is 0.212. The van der Waals surface area contributed by atoms with Gasteiger partial charge in [0.1, 0.15) is 5.75 Å². The van der Waals surface area contributed by atoms with Crippen LogP contribution in [0.5, 0.6) is 5.75 Å². The Bertz CT molecular complexity index is 299.